The van der Waals surface area contributed by atoms with E-state index in [2.05, 4.69) is 31.9 Å². The Hall–Kier alpha value is -0.850. The van der Waals surface area contributed by atoms with Crippen LogP contribution in [0.25, 0.3) is 0 Å². The summed E-state index contributed by atoms with van der Waals surface area (Å²) in [5.74, 6) is 1.07. The Morgan fingerprint density at radius 3 is 2.57 bits per heavy atom. The fraction of sp³-hybridized carbons (Fsp3) is 0.941. The van der Waals surface area contributed by atoms with Crippen molar-refractivity contribution in [1.82, 2.24) is 20.0 Å². The molecule has 1 atom stereocenters. The van der Waals surface area contributed by atoms with Crippen molar-refractivity contribution in [2.75, 3.05) is 79.2 Å². The molecule has 0 aromatic heterocycles. The molecule has 3 aliphatic heterocycles. The van der Waals surface area contributed by atoms with Gasteiger partial charge in [-0.1, -0.05) is 6.92 Å². The van der Waals surface area contributed by atoms with E-state index in [1.54, 1.807) is 0 Å². The Bertz CT molecular complexity index is 400. The second kappa shape index (κ2) is 7.81. The molecule has 6 heteroatoms. The minimum atomic E-state index is 0.397. The number of nitrogens with one attached hydrogen (secondary N) is 1. The summed E-state index contributed by atoms with van der Waals surface area (Å²) < 4.78 is 5.62. The number of hydrogen-bond donors (Lipinski definition) is 1. The summed E-state index contributed by atoms with van der Waals surface area (Å²) in [6.07, 6.45) is 2.45. The fourth-order valence-electron chi connectivity index (χ4n) is 4.07. The molecule has 1 spiro atoms. The number of rotatable bonds is 4. The smallest absolute Gasteiger partial charge is 0.193 e. The number of hydrogen-bond acceptors (Lipinski definition) is 4. The third-order valence-electron chi connectivity index (χ3n) is 5.76. The number of ether oxygens (including phenoxy) is 1. The summed E-state index contributed by atoms with van der Waals surface area (Å²) in [7, 11) is 1.90. The van der Waals surface area contributed by atoms with Crippen molar-refractivity contribution in [3.63, 3.8) is 0 Å². The average Bonchev–Trinajstić information content (AvgIpc) is 3.22. The largest absolute Gasteiger partial charge is 0.381 e. The van der Waals surface area contributed by atoms with Crippen LogP contribution in [0.5, 0.6) is 0 Å². The van der Waals surface area contributed by atoms with Crippen LogP contribution in [0, 0.1) is 5.41 Å². The van der Waals surface area contributed by atoms with Gasteiger partial charge in [-0.05, 0) is 19.4 Å². The fourth-order valence-corrected chi connectivity index (χ4v) is 4.07. The molecule has 132 valence electrons. The average molecular weight is 323 g/mol. The van der Waals surface area contributed by atoms with Crippen molar-refractivity contribution >= 4 is 5.96 Å². The molecule has 3 rings (SSSR count). The number of guanidine groups is 1. The molecular formula is C17H33N5O. The van der Waals surface area contributed by atoms with Gasteiger partial charge in [0.2, 0.25) is 0 Å². The Morgan fingerprint density at radius 2 is 1.91 bits per heavy atom. The zero-order valence-electron chi connectivity index (χ0n) is 14.9. The third-order valence-corrected chi connectivity index (χ3v) is 5.76. The Balaban J connectivity index is 1.39. The van der Waals surface area contributed by atoms with Crippen molar-refractivity contribution in [2.24, 2.45) is 10.4 Å². The molecule has 0 aromatic rings. The van der Waals surface area contributed by atoms with E-state index in [1.807, 2.05) is 7.05 Å². The van der Waals surface area contributed by atoms with Gasteiger partial charge < -0.3 is 19.9 Å². The molecule has 3 heterocycles. The number of likely N-dealkylation sites (N-methyl/N-ethyl adjacent to an activating group) is 1. The van der Waals surface area contributed by atoms with Crippen LogP contribution in [0.2, 0.25) is 0 Å². The van der Waals surface area contributed by atoms with Crippen LogP contribution in [0.1, 0.15) is 19.8 Å². The predicted molar refractivity (Wildman–Crippen MR) is 94.0 cm³/mol. The molecule has 0 amide bonds. The first kappa shape index (κ1) is 17.0. The minimum absolute atomic E-state index is 0.397. The Kier molecular flexibility index (Phi) is 5.77. The van der Waals surface area contributed by atoms with Crippen LogP contribution in [-0.4, -0.2) is 99.8 Å². The van der Waals surface area contributed by atoms with Crippen molar-refractivity contribution in [2.45, 2.75) is 19.8 Å². The molecule has 0 radical (unpaired) electrons. The molecule has 0 bridgehead atoms. The Morgan fingerprint density at radius 1 is 1.13 bits per heavy atom. The van der Waals surface area contributed by atoms with E-state index in [-0.39, 0.29) is 0 Å². The summed E-state index contributed by atoms with van der Waals surface area (Å²) in [6.45, 7) is 14.4. The van der Waals surface area contributed by atoms with E-state index in [9.17, 15) is 0 Å². The van der Waals surface area contributed by atoms with Crippen LogP contribution in [-0.2, 0) is 4.74 Å². The molecule has 6 nitrogen and oxygen atoms in total. The third kappa shape index (κ3) is 4.17. The molecule has 0 saturated carbocycles. The van der Waals surface area contributed by atoms with Crippen molar-refractivity contribution < 1.29 is 4.74 Å². The number of piperazine rings is 1. The normalized spacial score (nSPS) is 30.5. The Labute approximate surface area is 140 Å². The quantitative estimate of drug-likeness (QED) is 0.596. The standard InChI is InChI=1S/C17H33N5O/c1-3-20-9-11-21(12-10-20)8-6-19-16(18-2)22-7-4-17(14-22)5-13-23-15-17/h3-15H2,1-2H3,(H,18,19). The maximum Gasteiger partial charge on any atom is 0.193 e. The van der Waals surface area contributed by atoms with E-state index >= 15 is 0 Å². The topological polar surface area (TPSA) is 43.3 Å². The summed E-state index contributed by atoms with van der Waals surface area (Å²) in [5, 5.41) is 3.57. The van der Waals surface area contributed by atoms with Gasteiger partial charge in [0.1, 0.15) is 0 Å². The molecule has 0 aliphatic carbocycles. The van der Waals surface area contributed by atoms with E-state index in [0.29, 0.717) is 5.41 Å². The molecule has 1 N–H and O–H groups in total. The van der Waals surface area contributed by atoms with Crippen molar-refractivity contribution in [3.05, 3.63) is 0 Å². The van der Waals surface area contributed by atoms with Gasteiger partial charge in [-0.25, -0.2) is 0 Å². The van der Waals surface area contributed by atoms with Gasteiger partial charge in [0.05, 0.1) is 6.61 Å². The van der Waals surface area contributed by atoms with Gasteiger partial charge in [0, 0.05) is 71.4 Å². The molecule has 0 aromatic carbocycles. The molecule has 23 heavy (non-hydrogen) atoms. The van der Waals surface area contributed by atoms with E-state index in [0.717, 1.165) is 45.4 Å². The molecular weight excluding hydrogens is 290 g/mol. The second-order valence-corrected chi connectivity index (χ2v) is 7.22. The lowest BCUT2D eigenvalue weighted by molar-refractivity contribution is 0.139. The summed E-state index contributed by atoms with van der Waals surface area (Å²) in [5.41, 5.74) is 0.397. The van der Waals surface area contributed by atoms with E-state index in [4.69, 9.17) is 4.74 Å². The maximum absolute atomic E-state index is 5.62. The predicted octanol–water partition coefficient (Wildman–Crippen LogP) is 0.312. The highest BCUT2D eigenvalue weighted by Gasteiger charge is 2.42. The van der Waals surface area contributed by atoms with E-state index in [1.165, 1.54) is 45.6 Å². The summed E-state index contributed by atoms with van der Waals surface area (Å²) >= 11 is 0. The SMILES string of the molecule is CCN1CCN(CCNC(=NC)N2CCC3(CCOC3)C2)CC1. The first-order valence-corrected chi connectivity index (χ1v) is 9.23. The summed E-state index contributed by atoms with van der Waals surface area (Å²) in [4.78, 5) is 12.0. The highest BCUT2D eigenvalue weighted by Crippen LogP contribution is 2.38. The van der Waals surface area contributed by atoms with Crippen LogP contribution >= 0.6 is 0 Å². The highest BCUT2D eigenvalue weighted by molar-refractivity contribution is 5.80. The molecule has 1 unspecified atom stereocenters. The highest BCUT2D eigenvalue weighted by atomic mass is 16.5. The minimum Gasteiger partial charge on any atom is -0.381 e. The van der Waals surface area contributed by atoms with Gasteiger partial charge >= 0.3 is 0 Å². The zero-order chi connectivity index (χ0) is 16.1. The molecule has 3 saturated heterocycles. The lowest BCUT2D eigenvalue weighted by Gasteiger charge is -2.34. The number of likely N-dealkylation sites (tertiary alicyclic amines) is 1. The number of nitrogens with zero attached hydrogens (tertiary/aromatic N) is 4. The van der Waals surface area contributed by atoms with Gasteiger partial charge in [-0.3, -0.25) is 9.89 Å². The molecule has 3 aliphatic rings. The molecule has 3 fully saturated rings. The first-order chi connectivity index (χ1) is 11.2. The van der Waals surface area contributed by atoms with E-state index < -0.39 is 0 Å². The summed E-state index contributed by atoms with van der Waals surface area (Å²) in [6, 6.07) is 0. The second-order valence-electron chi connectivity index (χ2n) is 7.22. The van der Waals surface area contributed by atoms with Gasteiger partial charge in [0.15, 0.2) is 5.96 Å². The van der Waals surface area contributed by atoms with Crippen LogP contribution in [0.4, 0.5) is 0 Å². The lowest BCUT2D eigenvalue weighted by Crippen LogP contribution is -2.49. The zero-order valence-corrected chi connectivity index (χ0v) is 14.9. The van der Waals surface area contributed by atoms with Gasteiger partial charge in [0.25, 0.3) is 0 Å². The lowest BCUT2D eigenvalue weighted by atomic mass is 9.87. The van der Waals surface area contributed by atoms with Crippen LogP contribution in [0.3, 0.4) is 0 Å². The number of aliphatic imine (C=N–C) groups is 1. The van der Waals surface area contributed by atoms with Crippen LogP contribution in [0.15, 0.2) is 4.99 Å². The maximum atomic E-state index is 5.62. The van der Waals surface area contributed by atoms with Gasteiger partial charge in [-0.15, -0.1) is 0 Å². The van der Waals surface area contributed by atoms with Crippen LogP contribution < -0.4 is 5.32 Å². The first-order valence-electron chi connectivity index (χ1n) is 9.23. The monoisotopic (exact) mass is 323 g/mol. The van der Waals surface area contributed by atoms with Crippen molar-refractivity contribution in [3.8, 4) is 0 Å². The van der Waals surface area contributed by atoms with Crippen molar-refractivity contribution in [1.29, 1.82) is 0 Å². The van der Waals surface area contributed by atoms with Gasteiger partial charge in [-0.2, -0.15) is 0 Å².